The second-order valence-electron chi connectivity index (χ2n) is 6.27. The number of rotatable bonds is 5. The lowest BCUT2D eigenvalue weighted by Gasteiger charge is -2.32. The van der Waals surface area contributed by atoms with Crippen molar-refractivity contribution in [1.29, 1.82) is 0 Å². The van der Waals surface area contributed by atoms with Crippen molar-refractivity contribution in [1.82, 2.24) is 14.7 Å². The largest absolute Gasteiger partial charge is 0.496 e. The van der Waals surface area contributed by atoms with Gasteiger partial charge in [-0.25, -0.2) is 0 Å². The number of nitrogens with zero attached hydrogens (tertiary/aromatic N) is 3. The summed E-state index contributed by atoms with van der Waals surface area (Å²) in [4.78, 5) is 10.8. The van der Waals surface area contributed by atoms with Gasteiger partial charge in [0, 0.05) is 44.6 Å². The summed E-state index contributed by atoms with van der Waals surface area (Å²) >= 11 is 0. The van der Waals surface area contributed by atoms with E-state index in [1.165, 1.54) is 17.5 Å². The molecule has 1 N–H and O–H groups in total. The Labute approximate surface area is 154 Å². The Kier molecular flexibility index (Phi) is 7.62. The topological polar surface area (TPSA) is 76.8 Å². The molecule has 1 fully saturated rings. The molecule has 1 atom stereocenters. The zero-order valence-electron chi connectivity index (χ0n) is 15.6. The molecule has 1 aliphatic heterocycles. The molecule has 7 heteroatoms. The van der Waals surface area contributed by atoms with E-state index in [0.29, 0.717) is 6.10 Å². The van der Waals surface area contributed by atoms with Gasteiger partial charge in [-0.1, -0.05) is 6.07 Å². The van der Waals surface area contributed by atoms with E-state index in [-0.39, 0.29) is 6.47 Å². The van der Waals surface area contributed by atoms with Crippen LogP contribution in [0.5, 0.6) is 5.75 Å². The van der Waals surface area contributed by atoms with Gasteiger partial charge >= 0.3 is 0 Å². The van der Waals surface area contributed by atoms with E-state index in [1.54, 1.807) is 14.2 Å². The van der Waals surface area contributed by atoms with Crippen LogP contribution in [0.4, 0.5) is 0 Å². The third kappa shape index (κ3) is 5.31. The van der Waals surface area contributed by atoms with Crippen molar-refractivity contribution < 1.29 is 19.4 Å². The monoisotopic (exact) mass is 361 g/mol. The van der Waals surface area contributed by atoms with Gasteiger partial charge in [-0.2, -0.15) is 5.10 Å². The van der Waals surface area contributed by atoms with E-state index in [2.05, 4.69) is 28.2 Å². The molecule has 142 valence electrons. The molecule has 1 aromatic carbocycles. The summed E-state index contributed by atoms with van der Waals surface area (Å²) in [5, 5.41) is 11.1. The highest BCUT2D eigenvalue weighted by Gasteiger charge is 2.20. The number of hydrogen-bond donors (Lipinski definition) is 1. The number of hydrogen-bond acceptors (Lipinski definition) is 5. The van der Waals surface area contributed by atoms with E-state index in [0.717, 1.165) is 37.4 Å². The van der Waals surface area contributed by atoms with Crippen molar-refractivity contribution in [3.63, 3.8) is 0 Å². The molecule has 0 spiro atoms. The molecular weight excluding hydrogens is 334 g/mol. The lowest BCUT2D eigenvalue weighted by atomic mass is 10.0. The van der Waals surface area contributed by atoms with Crippen LogP contribution in [-0.4, -0.2) is 59.7 Å². The van der Waals surface area contributed by atoms with Crippen LogP contribution in [0.2, 0.25) is 0 Å². The molecule has 26 heavy (non-hydrogen) atoms. The molecule has 1 aromatic heterocycles. The summed E-state index contributed by atoms with van der Waals surface area (Å²) in [6, 6.07) is 6.36. The van der Waals surface area contributed by atoms with Crippen molar-refractivity contribution in [2.45, 2.75) is 25.5 Å². The SMILES string of the molecule is COc1ccc(-c2cnn(C)c2)cc1CN1CCCC(OC)C1.O=CO. The molecule has 0 saturated carbocycles. The molecule has 1 aliphatic rings. The maximum Gasteiger partial charge on any atom is 0.290 e. The second kappa shape index (κ2) is 9.94. The summed E-state index contributed by atoms with van der Waals surface area (Å²) in [5.41, 5.74) is 3.52. The fraction of sp³-hybridized carbons (Fsp3) is 0.474. The minimum absolute atomic E-state index is 0.250. The maximum absolute atomic E-state index is 8.36. The number of aryl methyl sites for hydroxylation is 1. The number of ether oxygens (including phenoxy) is 2. The molecule has 2 aromatic rings. The van der Waals surface area contributed by atoms with E-state index in [1.807, 2.05) is 24.1 Å². The Morgan fingerprint density at radius 3 is 2.73 bits per heavy atom. The summed E-state index contributed by atoms with van der Waals surface area (Å²) < 4.78 is 12.9. The molecule has 1 unspecified atom stereocenters. The van der Waals surface area contributed by atoms with E-state index >= 15 is 0 Å². The van der Waals surface area contributed by atoms with E-state index in [9.17, 15) is 0 Å². The fourth-order valence-electron chi connectivity index (χ4n) is 3.24. The van der Waals surface area contributed by atoms with Crippen LogP contribution in [0.25, 0.3) is 11.1 Å². The second-order valence-corrected chi connectivity index (χ2v) is 6.27. The number of methoxy groups -OCH3 is 2. The van der Waals surface area contributed by atoms with Crippen LogP contribution in [-0.2, 0) is 23.1 Å². The third-order valence-corrected chi connectivity index (χ3v) is 4.51. The molecular formula is C19H27N3O4. The number of piperidine rings is 1. The molecule has 3 rings (SSSR count). The zero-order chi connectivity index (χ0) is 18.9. The lowest BCUT2D eigenvalue weighted by molar-refractivity contribution is -0.122. The highest BCUT2D eigenvalue weighted by Crippen LogP contribution is 2.28. The van der Waals surface area contributed by atoms with Gasteiger partial charge in [0.2, 0.25) is 0 Å². The van der Waals surface area contributed by atoms with Crippen molar-refractivity contribution in [2.75, 3.05) is 27.3 Å². The van der Waals surface area contributed by atoms with E-state index < -0.39 is 0 Å². The van der Waals surface area contributed by atoms with Crippen molar-refractivity contribution >= 4 is 6.47 Å². The number of benzene rings is 1. The zero-order valence-corrected chi connectivity index (χ0v) is 15.6. The van der Waals surface area contributed by atoms with Gasteiger partial charge in [0.25, 0.3) is 6.47 Å². The third-order valence-electron chi connectivity index (χ3n) is 4.51. The number of carbonyl (C=O) groups is 1. The number of likely N-dealkylation sites (tertiary alicyclic amines) is 1. The van der Waals surface area contributed by atoms with E-state index in [4.69, 9.17) is 19.4 Å². The van der Waals surface area contributed by atoms with Crippen molar-refractivity contribution in [3.05, 3.63) is 36.2 Å². The Hall–Kier alpha value is -2.38. The van der Waals surface area contributed by atoms with Crippen LogP contribution in [0, 0.1) is 0 Å². The molecule has 0 aliphatic carbocycles. The highest BCUT2D eigenvalue weighted by molar-refractivity contribution is 5.64. The van der Waals surface area contributed by atoms with Gasteiger partial charge in [-0.15, -0.1) is 0 Å². The Bertz CT molecular complexity index is 702. The van der Waals surface area contributed by atoms with Crippen LogP contribution in [0.1, 0.15) is 18.4 Å². The Balaban J connectivity index is 0.000000758. The number of aromatic nitrogens is 2. The molecule has 7 nitrogen and oxygen atoms in total. The van der Waals surface area contributed by atoms with Gasteiger partial charge in [-0.3, -0.25) is 14.4 Å². The first kappa shape index (κ1) is 19.9. The van der Waals surface area contributed by atoms with Crippen LogP contribution in [0.3, 0.4) is 0 Å². The smallest absolute Gasteiger partial charge is 0.290 e. The van der Waals surface area contributed by atoms with Crippen LogP contribution < -0.4 is 4.74 Å². The van der Waals surface area contributed by atoms with Crippen LogP contribution in [0.15, 0.2) is 30.6 Å². The van der Waals surface area contributed by atoms with Gasteiger partial charge in [0.1, 0.15) is 5.75 Å². The molecule has 0 bridgehead atoms. The first-order chi connectivity index (χ1) is 12.6. The quantitative estimate of drug-likeness (QED) is 0.824. The standard InChI is InChI=1S/C18H25N3O2.CH2O2/c1-20-11-16(10-19-20)14-6-7-18(23-3)15(9-14)12-21-8-4-5-17(13-21)22-2;2-1-3/h6-7,9-11,17H,4-5,8,12-13H2,1-3H3;1H,(H,2,3). The molecule has 0 radical (unpaired) electrons. The summed E-state index contributed by atoms with van der Waals surface area (Å²) in [5.74, 6) is 0.942. The molecule has 1 saturated heterocycles. The first-order valence-corrected chi connectivity index (χ1v) is 8.60. The van der Waals surface area contributed by atoms with Crippen LogP contribution >= 0.6 is 0 Å². The molecule has 2 heterocycles. The van der Waals surface area contributed by atoms with Gasteiger partial charge in [-0.05, 0) is 37.1 Å². The normalized spacial score (nSPS) is 17.3. The average molecular weight is 361 g/mol. The van der Waals surface area contributed by atoms with Gasteiger partial charge in [0.15, 0.2) is 0 Å². The summed E-state index contributed by atoms with van der Waals surface area (Å²) in [6.45, 7) is 2.73. The lowest BCUT2D eigenvalue weighted by Crippen LogP contribution is -2.38. The highest BCUT2D eigenvalue weighted by atomic mass is 16.5. The average Bonchev–Trinajstić information content (AvgIpc) is 3.09. The summed E-state index contributed by atoms with van der Waals surface area (Å²) in [6.07, 6.45) is 6.61. The van der Waals surface area contributed by atoms with Gasteiger partial charge < -0.3 is 14.6 Å². The maximum atomic E-state index is 8.36. The summed E-state index contributed by atoms with van der Waals surface area (Å²) in [7, 11) is 5.47. The minimum Gasteiger partial charge on any atom is -0.496 e. The Morgan fingerprint density at radius 2 is 2.12 bits per heavy atom. The predicted octanol–water partition coefficient (Wildman–Crippen LogP) is 2.41. The van der Waals surface area contributed by atoms with Gasteiger partial charge in [0.05, 0.1) is 19.4 Å². The van der Waals surface area contributed by atoms with Crippen molar-refractivity contribution in [2.24, 2.45) is 7.05 Å². The first-order valence-electron chi connectivity index (χ1n) is 8.60. The Morgan fingerprint density at radius 1 is 1.35 bits per heavy atom. The fourth-order valence-corrected chi connectivity index (χ4v) is 3.24. The molecule has 0 amide bonds. The predicted molar refractivity (Wildman–Crippen MR) is 99.2 cm³/mol. The van der Waals surface area contributed by atoms with Crippen molar-refractivity contribution in [3.8, 4) is 16.9 Å². The minimum atomic E-state index is -0.250. The number of carboxylic acid groups (broad SMARTS) is 1.